The Hall–Kier alpha value is -1.19. The van der Waals surface area contributed by atoms with Gasteiger partial charge in [-0.1, -0.05) is 6.07 Å². The molecule has 15 heavy (non-hydrogen) atoms. The summed E-state index contributed by atoms with van der Waals surface area (Å²) >= 11 is 0. The number of nitrogens with two attached hydrogens (primary N) is 1. The van der Waals surface area contributed by atoms with Crippen LogP contribution in [0.15, 0.2) is 30.5 Å². The minimum absolute atomic E-state index is 0. The summed E-state index contributed by atoms with van der Waals surface area (Å²) in [6.45, 7) is 0.461. The Kier molecular flexibility index (Phi) is 4.00. The van der Waals surface area contributed by atoms with E-state index in [1.54, 1.807) is 6.20 Å². The third kappa shape index (κ3) is 2.43. The second-order valence-corrected chi connectivity index (χ2v) is 3.18. The van der Waals surface area contributed by atoms with Crippen LogP contribution in [0, 0.1) is 5.82 Å². The number of halogens is 2. The monoisotopic (exact) mass is 226 g/mol. The van der Waals surface area contributed by atoms with Crippen LogP contribution in [0.5, 0.6) is 0 Å². The number of fused-ring (bicyclic) bond motifs is 1. The van der Waals surface area contributed by atoms with Crippen molar-refractivity contribution < 1.29 is 4.39 Å². The van der Waals surface area contributed by atoms with Gasteiger partial charge in [-0.3, -0.25) is 4.98 Å². The topological polar surface area (TPSA) is 38.9 Å². The fraction of sp³-hybridized carbons (Fsp3) is 0.182. The van der Waals surface area contributed by atoms with Crippen LogP contribution in [0.1, 0.15) is 5.56 Å². The Morgan fingerprint density at radius 3 is 2.87 bits per heavy atom. The number of benzene rings is 1. The summed E-state index contributed by atoms with van der Waals surface area (Å²) in [5, 5.41) is 0.956. The minimum atomic E-state index is -0.221. The molecule has 2 N–H and O–H groups in total. The molecule has 0 atom stereocenters. The van der Waals surface area contributed by atoms with Crippen molar-refractivity contribution in [3.05, 3.63) is 41.8 Å². The second kappa shape index (κ2) is 5.05. The molecule has 1 aromatic heterocycles. The highest BCUT2D eigenvalue weighted by molar-refractivity contribution is 5.85. The molecular formula is C11H12ClFN2. The van der Waals surface area contributed by atoms with Crippen LogP contribution in [0.25, 0.3) is 10.9 Å². The predicted molar refractivity (Wildman–Crippen MR) is 61.7 cm³/mol. The molecule has 0 unspecified atom stereocenters. The molecule has 0 bridgehead atoms. The molecule has 0 spiro atoms. The maximum atomic E-state index is 13.4. The number of pyridine rings is 1. The van der Waals surface area contributed by atoms with Crippen LogP contribution in [-0.4, -0.2) is 11.5 Å². The zero-order chi connectivity index (χ0) is 9.97. The molecule has 2 rings (SSSR count). The Labute approximate surface area is 93.7 Å². The van der Waals surface area contributed by atoms with E-state index >= 15 is 0 Å². The van der Waals surface area contributed by atoms with Crippen LogP contribution in [0.3, 0.4) is 0 Å². The first kappa shape index (κ1) is 11.9. The highest BCUT2D eigenvalue weighted by Crippen LogP contribution is 2.17. The molecule has 0 fully saturated rings. The van der Waals surface area contributed by atoms with Gasteiger partial charge in [-0.15, -0.1) is 12.4 Å². The minimum Gasteiger partial charge on any atom is -0.330 e. The first-order chi connectivity index (χ1) is 6.81. The summed E-state index contributed by atoms with van der Waals surface area (Å²) in [7, 11) is 0. The van der Waals surface area contributed by atoms with Crippen molar-refractivity contribution in [1.82, 2.24) is 4.98 Å². The molecule has 1 heterocycles. The van der Waals surface area contributed by atoms with Crippen molar-refractivity contribution in [1.29, 1.82) is 0 Å². The van der Waals surface area contributed by atoms with Crippen LogP contribution in [0.4, 0.5) is 4.39 Å². The van der Waals surface area contributed by atoms with Gasteiger partial charge in [-0.2, -0.15) is 0 Å². The molecule has 0 aliphatic heterocycles. The maximum absolute atomic E-state index is 13.4. The molecule has 0 amide bonds. The van der Waals surface area contributed by atoms with Crippen molar-refractivity contribution in [2.45, 2.75) is 6.42 Å². The first-order valence-electron chi connectivity index (χ1n) is 4.54. The van der Waals surface area contributed by atoms with Crippen molar-refractivity contribution in [3.63, 3.8) is 0 Å². The van der Waals surface area contributed by atoms with Gasteiger partial charge in [0.15, 0.2) is 0 Å². The largest absolute Gasteiger partial charge is 0.330 e. The van der Waals surface area contributed by atoms with E-state index in [2.05, 4.69) is 4.98 Å². The third-order valence-corrected chi connectivity index (χ3v) is 2.18. The van der Waals surface area contributed by atoms with E-state index in [1.165, 1.54) is 6.07 Å². The van der Waals surface area contributed by atoms with E-state index in [-0.39, 0.29) is 18.2 Å². The summed E-state index contributed by atoms with van der Waals surface area (Å²) < 4.78 is 13.4. The molecule has 0 aliphatic rings. The fourth-order valence-corrected chi connectivity index (χ4v) is 1.49. The molecule has 1 aromatic carbocycles. The number of hydrogen-bond donors (Lipinski definition) is 1. The average molecular weight is 227 g/mol. The maximum Gasteiger partial charge on any atom is 0.128 e. The average Bonchev–Trinajstić information content (AvgIpc) is 2.19. The van der Waals surface area contributed by atoms with Gasteiger partial charge >= 0.3 is 0 Å². The summed E-state index contributed by atoms with van der Waals surface area (Å²) in [6.07, 6.45) is 2.22. The molecule has 2 aromatic rings. The van der Waals surface area contributed by atoms with Gasteiger partial charge in [0.05, 0.1) is 5.52 Å². The van der Waals surface area contributed by atoms with E-state index in [9.17, 15) is 4.39 Å². The lowest BCUT2D eigenvalue weighted by Gasteiger charge is -2.03. The molecular weight excluding hydrogens is 215 g/mol. The molecule has 2 nitrogen and oxygen atoms in total. The third-order valence-electron chi connectivity index (χ3n) is 2.18. The van der Waals surface area contributed by atoms with E-state index in [4.69, 9.17) is 5.73 Å². The van der Waals surface area contributed by atoms with Crippen LogP contribution < -0.4 is 5.73 Å². The lowest BCUT2D eigenvalue weighted by atomic mass is 10.1. The molecule has 0 saturated carbocycles. The highest BCUT2D eigenvalue weighted by atomic mass is 35.5. The predicted octanol–water partition coefficient (Wildman–Crippen LogP) is 2.30. The van der Waals surface area contributed by atoms with E-state index in [0.29, 0.717) is 24.0 Å². The van der Waals surface area contributed by atoms with Gasteiger partial charge in [-0.05, 0) is 30.7 Å². The second-order valence-electron chi connectivity index (χ2n) is 3.18. The van der Waals surface area contributed by atoms with Gasteiger partial charge in [0.25, 0.3) is 0 Å². The zero-order valence-electron chi connectivity index (χ0n) is 8.11. The number of rotatable bonds is 2. The molecule has 0 aliphatic carbocycles. The van der Waals surface area contributed by atoms with Crippen molar-refractivity contribution in [2.75, 3.05) is 6.54 Å². The van der Waals surface area contributed by atoms with Crippen LogP contribution in [0.2, 0.25) is 0 Å². The normalized spacial score (nSPS) is 10.0. The van der Waals surface area contributed by atoms with Crippen LogP contribution in [-0.2, 0) is 6.42 Å². The fourth-order valence-electron chi connectivity index (χ4n) is 1.49. The van der Waals surface area contributed by atoms with Crippen LogP contribution >= 0.6 is 12.4 Å². The number of hydrogen-bond acceptors (Lipinski definition) is 2. The lowest BCUT2D eigenvalue weighted by molar-refractivity contribution is 0.611. The first-order valence-corrected chi connectivity index (χ1v) is 4.54. The summed E-state index contributed by atoms with van der Waals surface area (Å²) in [5.41, 5.74) is 6.74. The van der Waals surface area contributed by atoms with E-state index in [0.717, 1.165) is 5.39 Å². The molecule has 80 valence electrons. The lowest BCUT2D eigenvalue weighted by Crippen LogP contribution is -2.04. The SMILES string of the molecule is Cl.NCCc1cc2cccnc2cc1F. The number of nitrogens with zero attached hydrogens (tertiary/aromatic N) is 1. The molecule has 4 heteroatoms. The van der Waals surface area contributed by atoms with Gasteiger partial charge < -0.3 is 5.73 Å². The summed E-state index contributed by atoms with van der Waals surface area (Å²) in [5.74, 6) is -0.221. The van der Waals surface area contributed by atoms with E-state index < -0.39 is 0 Å². The quantitative estimate of drug-likeness (QED) is 0.854. The highest BCUT2D eigenvalue weighted by Gasteiger charge is 2.03. The molecule has 0 saturated heterocycles. The van der Waals surface area contributed by atoms with Crippen molar-refractivity contribution in [3.8, 4) is 0 Å². The van der Waals surface area contributed by atoms with Crippen molar-refractivity contribution in [2.24, 2.45) is 5.73 Å². The Morgan fingerprint density at radius 2 is 2.13 bits per heavy atom. The summed E-state index contributed by atoms with van der Waals surface area (Å²) in [6, 6.07) is 7.03. The number of aromatic nitrogens is 1. The van der Waals surface area contributed by atoms with Gasteiger partial charge in [0, 0.05) is 17.6 Å². The smallest absolute Gasteiger partial charge is 0.128 e. The van der Waals surface area contributed by atoms with E-state index in [1.807, 2.05) is 18.2 Å². The Morgan fingerprint density at radius 1 is 1.33 bits per heavy atom. The zero-order valence-corrected chi connectivity index (χ0v) is 8.93. The van der Waals surface area contributed by atoms with Crippen molar-refractivity contribution >= 4 is 23.3 Å². The Bertz CT molecular complexity index is 459. The summed E-state index contributed by atoms with van der Waals surface area (Å²) in [4.78, 5) is 4.07. The Balaban J connectivity index is 0.00000112. The van der Waals surface area contributed by atoms with Gasteiger partial charge in [-0.25, -0.2) is 4.39 Å². The van der Waals surface area contributed by atoms with Gasteiger partial charge in [0.2, 0.25) is 0 Å². The molecule has 0 radical (unpaired) electrons. The standard InChI is InChI=1S/C11H11FN2.ClH/c12-10-7-11-9(2-1-5-14-11)6-8(10)3-4-13;/h1-2,5-7H,3-4,13H2;1H. The van der Waals surface area contributed by atoms with Gasteiger partial charge in [0.1, 0.15) is 5.82 Å².